The number of allylic oxidation sites excluding steroid dienone is 3. The lowest BCUT2D eigenvalue weighted by Gasteiger charge is -2.38. The molecule has 0 amide bonds. The number of rotatable bonds is 4. The Hall–Kier alpha value is -2.86. The van der Waals surface area contributed by atoms with Crippen molar-refractivity contribution < 1.29 is 8.42 Å². The molecule has 1 aliphatic carbocycles. The summed E-state index contributed by atoms with van der Waals surface area (Å²) in [5.74, 6) is 0. The fraction of sp³-hybridized carbons (Fsp3) is 0.320. The van der Waals surface area contributed by atoms with Gasteiger partial charge >= 0.3 is 0 Å². The Bertz CT molecular complexity index is 1270. The molecule has 0 atom stereocenters. The molecule has 2 aliphatic rings. The highest BCUT2D eigenvalue weighted by molar-refractivity contribution is 7.90. The van der Waals surface area contributed by atoms with E-state index < -0.39 is 10.0 Å². The third-order valence-corrected chi connectivity index (χ3v) is 8.15. The maximum absolute atomic E-state index is 13.3. The molecule has 0 N–H and O–H groups in total. The van der Waals surface area contributed by atoms with Crippen LogP contribution in [0.25, 0.3) is 16.6 Å². The lowest BCUT2D eigenvalue weighted by molar-refractivity contribution is 0.216. The van der Waals surface area contributed by atoms with Crippen LogP contribution >= 0.6 is 0 Å². The topological polar surface area (TPSA) is 55.2 Å². The highest BCUT2D eigenvalue weighted by atomic mass is 32.2. The molecule has 0 radical (unpaired) electrons. The first-order valence-corrected chi connectivity index (χ1v) is 12.4. The van der Waals surface area contributed by atoms with Crippen LogP contribution in [-0.4, -0.2) is 34.9 Å². The predicted molar refractivity (Wildman–Crippen MR) is 124 cm³/mol. The molecule has 6 heteroatoms. The van der Waals surface area contributed by atoms with Crippen molar-refractivity contribution in [1.82, 2.24) is 13.9 Å². The second-order valence-corrected chi connectivity index (χ2v) is 10.2. The quantitative estimate of drug-likeness (QED) is 0.567. The van der Waals surface area contributed by atoms with Gasteiger partial charge in [0.25, 0.3) is 10.0 Å². The van der Waals surface area contributed by atoms with Gasteiger partial charge in [0.15, 0.2) is 5.65 Å². The Morgan fingerprint density at radius 3 is 2.52 bits per heavy atom. The molecule has 1 fully saturated rings. The van der Waals surface area contributed by atoms with Crippen LogP contribution in [0.5, 0.6) is 0 Å². The van der Waals surface area contributed by atoms with Gasteiger partial charge < -0.3 is 4.90 Å². The molecule has 31 heavy (non-hydrogen) atoms. The Morgan fingerprint density at radius 1 is 1.00 bits per heavy atom. The molecule has 1 aromatic carbocycles. The van der Waals surface area contributed by atoms with Crippen LogP contribution in [-0.2, 0) is 10.0 Å². The number of hydrogen-bond donors (Lipinski definition) is 0. The fourth-order valence-corrected chi connectivity index (χ4v) is 6.22. The van der Waals surface area contributed by atoms with Crippen molar-refractivity contribution in [2.75, 3.05) is 6.54 Å². The zero-order chi connectivity index (χ0) is 21.4. The molecule has 1 aliphatic heterocycles. The Kier molecular flexibility index (Phi) is 5.18. The lowest BCUT2D eigenvalue weighted by Crippen LogP contribution is -2.36. The first kappa shape index (κ1) is 20.1. The van der Waals surface area contributed by atoms with Gasteiger partial charge in [-0.3, -0.25) is 0 Å². The van der Waals surface area contributed by atoms with Crippen LogP contribution in [0.3, 0.4) is 0 Å². The standard InChI is InChI=1S/C25H27N3O2S/c1-19-17-20(14-16-27(19)21-9-4-2-5-10-21)24-18-28(25-23(24)13-8-15-26-25)31(29,30)22-11-6-3-7-12-22/h3,6-8,11-15,17-18,21H,2,4-5,9-10,16H2,1H3. The highest BCUT2D eigenvalue weighted by Gasteiger charge is 2.26. The van der Waals surface area contributed by atoms with E-state index in [2.05, 4.69) is 29.0 Å². The van der Waals surface area contributed by atoms with Gasteiger partial charge in [0, 0.05) is 41.6 Å². The molecule has 2 aromatic heterocycles. The second-order valence-electron chi connectivity index (χ2n) is 8.42. The third-order valence-electron chi connectivity index (χ3n) is 6.48. The van der Waals surface area contributed by atoms with Gasteiger partial charge in [0.2, 0.25) is 0 Å². The van der Waals surface area contributed by atoms with Crippen molar-refractivity contribution in [3.63, 3.8) is 0 Å². The molecule has 0 unspecified atom stereocenters. The summed E-state index contributed by atoms with van der Waals surface area (Å²) >= 11 is 0. The van der Waals surface area contributed by atoms with E-state index in [9.17, 15) is 8.42 Å². The smallest absolute Gasteiger partial charge is 0.269 e. The molecule has 5 rings (SSSR count). The van der Waals surface area contributed by atoms with Gasteiger partial charge in [0.1, 0.15) is 0 Å². The van der Waals surface area contributed by atoms with E-state index in [1.54, 1.807) is 36.7 Å². The minimum absolute atomic E-state index is 0.261. The Balaban J connectivity index is 1.56. The van der Waals surface area contributed by atoms with Crippen LogP contribution in [0, 0.1) is 0 Å². The molecular formula is C25H27N3O2S. The summed E-state index contributed by atoms with van der Waals surface area (Å²) in [5.41, 5.74) is 3.68. The summed E-state index contributed by atoms with van der Waals surface area (Å²) in [6, 6.07) is 13.0. The van der Waals surface area contributed by atoms with E-state index in [-0.39, 0.29) is 4.90 Å². The Morgan fingerprint density at radius 2 is 1.77 bits per heavy atom. The molecule has 0 spiro atoms. The van der Waals surface area contributed by atoms with Gasteiger partial charge in [-0.05, 0) is 55.7 Å². The number of pyridine rings is 1. The minimum Gasteiger partial charge on any atom is -0.368 e. The fourth-order valence-electron chi connectivity index (χ4n) is 4.88. The monoisotopic (exact) mass is 433 g/mol. The number of hydrogen-bond acceptors (Lipinski definition) is 4. The molecule has 1 saturated carbocycles. The molecule has 0 saturated heterocycles. The summed E-state index contributed by atoms with van der Waals surface area (Å²) in [7, 11) is -3.73. The van der Waals surface area contributed by atoms with Gasteiger partial charge in [-0.25, -0.2) is 17.4 Å². The maximum atomic E-state index is 13.3. The van der Waals surface area contributed by atoms with Crippen LogP contribution < -0.4 is 0 Å². The number of aromatic nitrogens is 2. The van der Waals surface area contributed by atoms with Crippen LogP contribution in [0.2, 0.25) is 0 Å². The summed E-state index contributed by atoms with van der Waals surface area (Å²) in [5, 5.41) is 0.850. The average Bonchev–Trinajstić information content (AvgIpc) is 3.21. The van der Waals surface area contributed by atoms with Crippen molar-refractivity contribution in [3.05, 3.63) is 78.3 Å². The van der Waals surface area contributed by atoms with Crippen molar-refractivity contribution in [3.8, 4) is 0 Å². The molecule has 0 bridgehead atoms. The van der Waals surface area contributed by atoms with Gasteiger partial charge in [-0.2, -0.15) is 0 Å². The largest absolute Gasteiger partial charge is 0.368 e. The van der Waals surface area contributed by atoms with Crippen LogP contribution in [0.4, 0.5) is 0 Å². The van der Waals surface area contributed by atoms with E-state index in [4.69, 9.17) is 0 Å². The van der Waals surface area contributed by atoms with Crippen molar-refractivity contribution >= 4 is 26.6 Å². The van der Waals surface area contributed by atoms with Crippen LogP contribution in [0.15, 0.2) is 77.6 Å². The van der Waals surface area contributed by atoms with Crippen molar-refractivity contribution in [2.24, 2.45) is 0 Å². The minimum atomic E-state index is -3.73. The lowest BCUT2D eigenvalue weighted by atomic mass is 9.92. The van der Waals surface area contributed by atoms with E-state index in [1.807, 2.05) is 18.2 Å². The maximum Gasteiger partial charge on any atom is 0.269 e. The Labute approximate surface area is 183 Å². The summed E-state index contributed by atoms with van der Waals surface area (Å²) in [6.45, 7) is 3.03. The van der Waals surface area contributed by atoms with Crippen molar-refractivity contribution in [2.45, 2.75) is 50.0 Å². The zero-order valence-corrected chi connectivity index (χ0v) is 18.6. The van der Waals surface area contributed by atoms with E-state index >= 15 is 0 Å². The molecular weight excluding hydrogens is 406 g/mol. The second kappa shape index (κ2) is 8.00. The van der Waals surface area contributed by atoms with Crippen LogP contribution in [0.1, 0.15) is 44.6 Å². The first-order valence-electron chi connectivity index (χ1n) is 11.0. The molecule has 160 valence electrons. The number of nitrogens with zero attached hydrogens (tertiary/aromatic N) is 3. The van der Waals surface area contributed by atoms with Gasteiger partial charge in [0.05, 0.1) is 4.90 Å². The van der Waals surface area contributed by atoms with E-state index in [0.29, 0.717) is 11.7 Å². The predicted octanol–water partition coefficient (Wildman–Crippen LogP) is 5.21. The summed E-state index contributed by atoms with van der Waals surface area (Å²) in [6.07, 6.45) is 14.3. The zero-order valence-electron chi connectivity index (χ0n) is 17.7. The summed E-state index contributed by atoms with van der Waals surface area (Å²) < 4.78 is 28.0. The number of benzene rings is 1. The van der Waals surface area contributed by atoms with E-state index in [0.717, 1.165) is 23.1 Å². The van der Waals surface area contributed by atoms with E-state index in [1.165, 1.54) is 41.8 Å². The SMILES string of the molecule is CC1=CC(c2cn(S(=O)(=O)c3ccccc3)c3ncccc23)=CCN1C1CCCCC1. The first-order chi connectivity index (χ1) is 15.1. The number of fused-ring (bicyclic) bond motifs is 1. The third kappa shape index (κ3) is 3.59. The molecule has 3 aromatic rings. The van der Waals surface area contributed by atoms with Gasteiger partial charge in [-0.15, -0.1) is 0 Å². The summed E-state index contributed by atoms with van der Waals surface area (Å²) in [4.78, 5) is 7.18. The van der Waals surface area contributed by atoms with Gasteiger partial charge in [-0.1, -0.05) is 43.5 Å². The molecule has 5 nitrogen and oxygen atoms in total. The van der Waals surface area contributed by atoms with Crippen molar-refractivity contribution in [1.29, 1.82) is 0 Å². The average molecular weight is 434 g/mol. The highest BCUT2D eigenvalue weighted by Crippen LogP contribution is 2.34. The molecule has 3 heterocycles. The normalized spacial score (nSPS) is 18.2.